The minimum atomic E-state index is -1.05. The van der Waals surface area contributed by atoms with Gasteiger partial charge in [0.15, 0.2) is 0 Å². The smallest absolute Gasteiger partial charge is 0.326 e. The molecule has 148 valence electrons. The second-order valence-corrected chi connectivity index (χ2v) is 7.78. The van der Waals surface area contributed by atoms with E-state index in [2.05, 4.69) is 33.2 Å². The fraction of sp³-hybridized carbons (Fsp3) is 0.500. The van der Waals surface area contributed by atoms with Crippen LogP contribution in [0.15, 0.2) is 24.3 Å². The Kier molecular flexibility index (Phi) is 7.84. The topological polar surface area (TPSA) is 119 Å². The number of likely N-dealkylation sites (tertiary alicyclic amines) is 1. The fourth-order valence-electron chi connectivity index (χ4n) is 3.12. The highest BCUT2D eigenvalue weighted by Gasteiger charge is 2.36. The van der Waals surface area contributed by atoms with E-state index in [0.29, 0.717) is 25.9 Å². The molecule has 0 aromatic heterocycles. The lowest BCUT2D eigenvalue weighted by molar-refractivity contribution is -0.149. The molecular weight excluding hydrogens is 465 g/mol. The summed E-state index contributed by atoms with van der Waals surface area (Å²) in [6.45, 7) is 2.38. The zero-order chi connectivity index (χ0) is 20.0. The number of rotatable bonds is 9. The van der Waals surface area contributed by atoms with Crippen molar-refractivity contribution in [3.05, 3.63) is 27.8 Å². The molecule has 0 radical (unpaired) electrons. The van der Waals surface area contributed by atoms with Crippen LogP contribution in [-0.4, -0.2) is 64.2 Å². The van der Waals surface area contributed by atoms with Crippen molar-refractivity contribution in [1.82, 2.24) is 10.2 Å². The monoisotopic (exact) mass is 489 g/mol. The van der Waals surface area contributed by atoms with Gasteiger partial charge < -0.3 is 20.4 Å². The Hall–Kier alpha value is -1.88. The molecule has 1 fully saturated rings. The molecule has 1 amide bonds. The van der Waals surface area contributed by atoms with Crippen LogP contribution in [0.4, 0.5) is 5.69 Å². The SMILES string of the molecule is C[C@H](NC(CCNc1ccc(I)cc1)C(=O)O)C(=O)N1CCC[C@H]1C(=O)O. The quantitative estimate of drug-likeness (QED) is 0.389. The van der Waals surface area contributed by atoms with E-state index in [1.165, 1.54) is 4.90 Å². The van der Waals surface area contributed by atoms with Gasteiger partial charge in [0.05, 0.1) is 6.04 Å². The number of aliphatic carboxylic acids is 2. The van der Waals surface area contributed by atoms with Gasteiger partial charge in [0.25, 0.3) is 0 Å². The molecule has 0 saturated carbocycles. The first-order chi connectivity index (χ1) is 12.8. The predicted molar refractivity (Wildman–Crippen MR) is 109 cm³/mol. The Labute approximate surface area is 171 Å². The molecule has 1 aromatic carbocycles. The normalized spacial score (nSPS) is 18.7. The first-order valence-corrected chi connectivity index (χ1v) is 9.89. The van der Waals surface area contributed by atoms with Crippen LogP contribution in [-0.2, 0) is 14.4 Å². The van der Waals surface area contributed by atoms with Gasteiger partial charge in [-0.1, -0.05) is 0 Å². The summed E-state index contributed by atoms with van der Waals surface area (Å²) in [6, 6.07) is 5.22. The summed E-state index contributed by atoms with van der Waals surface area (Å²) in [4.78, 5) is 36.6. The Morgan fingerprint density at radius 2 is 1.93 bits per heavy atom. The molecule has 1 unspecified atom stereocenters. The number of nitrogens with one attached hydrogen (secondary N) is 2. The molecule has 27 heavy (non-hydrogen) atoms. The third-order valence-corrected chi connectivity index (χ3v) is 5.27. The lowest BCUT2D eigenvalue weighted by atomic mass is 10.1. The van der Waals surface area contributed by atoms with Crippen molar-refractivity contribution in [1.29, 1.82) is 0 Å². The van der Waals surface area contributed by atoms with E-state index < -0.39 is 30.1 Å². The lowest BCUT2D eigenvalue weighted by Crippen LogP contribution is -2.53. The van der Waals surface area contributed by atoms with Crippen LogP contribution < -0.4 is 10.6 Å². The highest BCUT2D eigenvalue weighted by molar-refractivity contribution is 14.1. The Bertz CT molecular complexity index is 682. The lowest BCUT2D eigenvalue weighted by Gasteiger charge is -2.27. The van der Waals surface area contributed by atoms with Crippen molar-refractivity contribution in [3.63, 3.8) is 0 Å². The number of carboxylic acid groups (broad SMARTS) is 2. The molecule has 0 spiro atoms. The van der Waals surface area contributed by atoms with Gasteiger partial charge in [-0.3, -0.25) is 14.9 Å². The average molecular weight is 489 g/mol. The number of carboxylic acids is 2. The summed E-state index contributed by atoms with van der Waals surface area (Å²) in [5.41, 5.74) is 0.894. The number of hydrogen-bond donors (Lipinski definition) is 4. The molecule has 0 bridgehead atoms. The first kappa shape index (κ1) is 21.4. The fourth-order valence-corrected chi connectivity index (χ4v) is 3.48. The number of halogens is 1. The summed E-state index contributed by atoms with van der Waals surface area (Å²) in [7, 11) is 0. The number of benzene rings is 1. The van der Waals surface area contributed by atoms with Gasteiger partial charge in [0.2, 0.25) is 5.91 Å². The summed E-state index contributed by atoms with van der Waals surface area (Å²) < 4.78 is 1.11. The number of anilines is 1. The van der Waals surface area contributed by atoms with Crippen molar-refractivity contribution < 1.29 is 24.6 Å². The summed E-state index contributed by atoms with van der Waals surface area (Å²) in [6.07, 6.45) is 1.34. The van der Waals surface area contributed by atoms with Crippen LogP contribution in [0.1, 0.15) is 26.2 Å². The van der Waals surface area contributed by atoms with E-state index in [9.17, 15) is 24.6 Å². The maximum absolute atomic E-state index is 12.5. The maximum Gasteiger partial charge on any atom is 0.326 e. The van der Waals surface area contributed by atoms with E-state index >= 15 is 0 Å². The molecule has 1 heterocycles. The Morgan fingerprint density at radius 1 is 1.26 bits per heavy atom. The Balaban J connectivity index is 1.88. The van der Waals surface area contributed by atoms with Crippen LogP contribution in [0, 0.1) is 3.57 Å². The van der Waals surface area contributed by atoms with E-state index in [0.717, 1.165) is 9.26 Å². The summed E-state index contributed by atoms with van der Waals surface area (Å²) in [5.74, 6) is -2.45. The molecule has 1 aromatic rings. The largest absolute Gasteiger partial charge is 0.480 e. The number of nitrogens with zero attached hydrogens (tertiary/aromatic N) is 1. The third kappa shape index (κ3) is 6.06. The number of carbonyl (C=O) groups excluding carboxylic acids is 1. The zero-order valence-electron chi connectivity index (χ0n) is 15.0. The van der Waals surface area contributed by atoms with E-state index in [-0.39, 0.29) is 12.3 Å². The molecule has 8 nitrogen and oxygen atoms in total. The highest BCUT2D eigenvalue weighted by Crippen LogP contribution is 2.18. The summed E-state index contributed by atoms with van der Waals surface area (Å²) in [5, 5.41) is 24.6. The number of amides is 1. The van der Waals surface area contributed by atoms with Gasteiger partial charge in [-0.05, 0) is 73.0 Å². The third-order valence-electron chi connectivity index (χ3n) is 4.55. The second kappa shape index (κ2) is 9.88. The van der Waals surface area contributed by atoms with Gasteiger partial charge in [-0.25, -0.2) is 4.79 Å². The molecule has 1 saturated heterocycles. The highest BCUT2D eigenvalue weighted by atomic mass is 127. The minimum absolute atomic E-state index is 0.279. The predicted octanol–water partition coefficient (Wildman–Crippen LogP) is 1.60. The van der Waals surface area contributed by atoms with Gasteiger partial charge in [0, 0.05) is 22.3 Å². The first-order valence-electron chi connectivity index (χ1n) is 8.81. The van der Waals surface area contributed by atoms with E-state index in [1.807, 2.05) is 24.3 Å². The van der Waals surface area contributed by atoms with Gasteiger partial charge in [-0.2, -0.15) is 0 Å². The van der Waals surface area contributed by atoms with E-state index in [1.54, 1.807) is 6.92 Å². The molecule has 4 N–H and O–H groups in total. The Morgan fingerprint density at radius 3 is 2.52 bits per heavy atom. The van der Waals surface area contributed by atoms with Crippen molar-refractivity contribution >= 4 is 46.1 Å². The van der Waals surface area contributed by atoms with Crippen molar-refractivity contribution in [2.24, 2.45) is 0 Å². The maximum atomic E-state index is 12.5. The average Bonchev–Trinajstić information content (AvgIpc) is 3.11. The number of hydrogen-bond acceptors (Lipinski definition) is 5. The molecule has 3 atom stereocenters. The number of carbonyl (C=O) groups is 3. The van der Waals surface area contributed by atoms with Crippen LogP contribution in [0.2, 0.25) is 0 Å². The van der Waals surface area contributed by atoms with Crippen molar-refractivity contribution in [2.75, 3.05) is 18.4 Å². The zero-order valence-corrected chi connectivity index (χ0v) is 17.2. The minimum Gasteiger partial charge on any atom is -0.480 e. The van der Waals surface area contributed by atoms with Gasteiger partial charge >= 0.3 is 11.9 Å². The van der Waals surface area contributed by atoms with Gasteiger partial charge in [0.1, 0.15) is 12.1 Å². The second-order valence-electron chi connectivity index (χ2n) is 6.53. The van der Waals surface area contributed by atoms with Crippen LogP contribution in [0.5, 0.6) is 0 Å². The van der Waals surface area contributed by atoms with Crippen LogP contribution >= 0.6 is 22.6 Å². The standard InChI is InChI=1S/C18H24IN3O5/c1-11(16(23)22-10-2-3-15(22)18(26)27)21-14(17(24)25)8-9-20-13-6-4-12(19)5-7-13/h4-7,11,14-15,20-21H,2-3,8-10H2,1H3,(H,24,25)(H,26,27)/t11-,14?,15-/m0/s1. The molecule has 2 rings (SSSR count). The molecule has 9 heteroatoms. The van der Waals surface area contributed by atoms with Crippen molar-refractivity contribution in [2.45, 2.75) is 44.3 Å². The van der Waals surface area contributed by atoms with Gasteiger partial charge in [-0.15, -0.1) is 0 Å². The molecule has 1 aliphatic heterocycles. The van der Waals surface area contributed by atoms with E-state index in [4.69, 9.17) is 0 Å². The molecule has 1 aliphatic rings. The molecular formula is C18H24IN3O5. The van der Waals surface area contributed by atoms with Crippen molar-refractivity contribution in [3.8, 4) is 0 Å². The van der Waals surface area contributed by atoms with Crippen LogP contribution in [0.25, 0.3) is 0 Å². The van der Waals surface area contributed by atoms with Crippen LogP contribution in [0.3, 0.4) is 0 Å². The summed E-state index contributed by atoms with van der Waals surface area (Å²) >= 11 is 2.21. The molecule has 0 aliphatic carbocycles.